The first-order valence-corrected chi connectivity index (χ1v) is 5.77. The van der Waals surface area contributed by atoms with Crippen LogP contribution in [0.25, 0.3) is 0 Å². The highest BCUT2D eigenvalue weighted by Crippen LogP contribution is 2.08. The van der Waals surface area contributed by atoms with E-state index in [1.807, 2.05) is 0 Å². The van der Waals surface area contributed by atoms with Gasteiger partial charge >= 0.3 is 0 Å². The van der Waals surface area contributed by atoms with Gasteiger partial charge in [0.1, 0.15) is 10.5 Å². The maximum absolute atomic E-state index is 5.66. The Morgan fingerprint density at radius 1 is 1.08 bits per heavy atom. The predicted octanol–water partition coefficient (Wildman–Crippen LogP) is 1.27. The van der Waals surface area contributed by atoms with Gasteiger partial charge in [-0.05, 0) is 12.8 Å². The summed E-state index contributed by atoms with van der Waals surface area (Å²) in [6.45, 7) is 5.95. The summed E-state index contributed by atoms with van der Waals surface area (Å²) < 4.78 is 10.7. The van der Waals surface area contributed by atoms with Gasteiger partial charge in [-0.2, -0.15) is 0 Å². The van der Waals surface area contributed by atoms with Gasteiger partial charge in [0.05, 0.1) is 19.3 Å². The summed E-state index contributed by atoms with van der Waals surface area (Å²) in [6.07, 6.45) is 5.28. The molecule has 0 aliphatic rings. The van der Waals surface area contributed by atoms with Gasteiger partial charge in [-0.1, -0.05) is 26.7 Å². The van der Waals surface area contributed by atoms with E-state index >= 15 is 0 Å². The average molecular weight is 190 g/mol. The second kappa shape index (κ2) is 9.23. The second-order valence-corrected chi connectivity index (χ2v) is 3.64. The molecule has 0 heterocycles. The van der Waals surface area contributed by atoms with Crippen LogP contribution in [0.3, 0.4) is 0 Å². The lowest BCUT2D eigenvalue weighted by Gasteiger charge is -2.15. The Balaban J connectivity index is 3.34. The average Bonchev–Trinajstić information content (AvgIpc) is 2.06. The van der Waals surface area contributed by atoms with Crippen LogP contribution in [0, 0.1) is 0 Å². The van der Waals surface area contributed by atoms with Gasteiger partial charge in [-0.15, -0.1) is 0 Å². The Labute approximate surface area is 79.2 Å². The van der Waals surface area contributed by atoms with Crippen molar-refractivity contribution in [1.29, 1.82) is 0 Å². The molecule has 0 saturated carbocycles. The van der Waals surface area contributed by atoms with Crippen LogP contribution in [-0.4, -0.2) is 29.8 Å². The van der Waals surface area contributed by atoms with Crippen molar-refractivity contribution in [1.82, 2.24) is 0 Å². The van der Waals surface area contributed by atoms with Crippen LogP contribution in [0.5, 0.6) is 0 Å². The minimum absolute atomic E-state index is 0.469. The first kappa shape index (κ1) is 12.1. The van der Waals surface area contributed by atoms with Gasteiger partial charge in [0.2, 0.25) is 0 Å². The van der Waals surface area contributed by atoms with Crippen molar-refractivity contribution in [3.8, 4) is 0 Å². The maximum Gasteiger partial charge on any atom is 0.146 e. The molecule has 0 unspecified atom stereocenters. The van der Waals surface area contributed by atoms with E-state index in [4.69, 9.17) is 9.16 Å². The van der Waals surface area contributed by atoms with Gasteiger partial charge in [0, 0.05) is 0 Å². The molecule has 0 amide bonds. The Morgan fingerprint density at radius 3 is 2.08 bits per heavy atom. The van der Waals surface area contributed by atoms with Crippen LogP contribution in [0.4, 0.5) is 0 Å². The van der Waals surface area contributed by atoms with Crippen LogP contribution >= 0.6 is 0 Å². The highest BCUT2D eigenvalue weighted by molar-refractivity contribution is 5.97. The molecular formula is C9H22O2Si. The fourth-order valence-corrected chi connectivity index (χ4v) is 1.42. The molecule has 2 nitrogen and oxygen atoms in total. The van der Waals surface area contributed by atoms with E-state index in [0.717, 1.165) is 23.7 Å². The molecule has 0 aliphatic heterocycles. The van der Waals surface area contributed by atoms with Gasteiger partial charge in [0.25, 0.3) is 0 Å². The first-order valence-electron chi connectivity index (χ1n) is 4.95. The van der Waals surface area contributed by atoms with E-state index in [9.17, 15) is 0 Å². The maximum atomic E-state index is 5.66. The topological polar surface area (TPSA) is 18.5 Å². The molecule has 3 heteroatoms. The van der Waals surface area contributed by atoms with Crippen molar-refractivity contribution < 1.29 is 9.16 Å². The lowest BCUT2D eigenvalue weighted by atomic mass is 10.1. The fraction of sp³-hybridized carbons (Fsp3) is 1.00. The van der Waals surface area contributed by atoms with E-state index in [-0.39, 0.29) is 0 Å². The Morgan fingerprint density at radius 2 is 1.67 bits per heavy atom. The molecule has 0 saturated heterocycles. The molecule has 74 valence electrons. The van der Waals surface area contributed by atoms with Crippen molar-refractivity contribution in [2.75, 3.05) is 13.2 Å². The summed E-state index contributed by atoms with van der Waals surface area (Å²) in [5.74, 6) is 0. The third-order valence-corrected chi connectivity index (χ3v) is 2.27. The van der Waals surface area contributed by atoms with E-state index in [1.165, 1.54) is 25.7 Å². The molecule has 0 aromatic carbocycles. The lowest BCUT2D eigenvalue weighted by Crippen LogP contribution is -2.15. The van der Waals surface area contributed by atoms with Crippen molar-refractivity contribution in [2.24, 2.45) is 0 Å². The SMILES string of the molecule is CCCC(CCC)OCCO[SiH3]. The first-order chi connectivity index (χ1) is 5.85. The highest BCUT2D eigenvalue weighted by Gasteiger charge is 2.05. The molecule has 12 heavy (non-hydrogen) atoms. The molecule has 0 N–H and O–H groups in total. The quantitative estimate of drug-likeness (QED) is 0.424. The number of hydrogen-bond donors (Lipinski definition) is 0. The minimum Gasteiger partial charge on any atom is -0.426 e. The van der Waals surface area contributed by atoms with Crippen LogP contribution in [0.2, 0.25) is 0 Å². The standard InChI is InChI=1S/C9H22O2Si/c1-3-5-9(6-4-2)10-7-8-11-12/h9H,3-8H2,1-2,12H3. The Kier molecular flexibility index (Phi) is 9.33. The highest BCUT2D eigenvalue weighted by atomic mass is 28.2. The Bertz CT molecular complexity index is 82.6. The normalized spacial score (nSPS) is 11.2. The minimum atomic E-state index is 0.469. The van der Waals surface area contributed by atoms with Crippen molar-refractivity contribution in [2.45, 2.75) is 45.6 Å². The Hall–Kier alpha value is 0.137. The number of ether oxygens (including phenoxy) is 1. The molecule has 0 aromatic heterocycles. The van der Waals surface area contributed by atoms with Crippen LogP contribution in [0.1, 0.15) is 39.5 Å². The summed E-state index contributed by atoms with van der Waals surface area (Å²) >= 11 is 0. The molecule has 0 atom stereocenters. The molecule has 0 rings (SSSR count). The molecule has 0 spiro atoms. The molecular weight excluding hydrogens is 168 g/mol. The van der Waals surface area contributed by atoms with Crippen molar-refractivity contribution in [3.63, 3.8) is 0 Å². The van der Waals surface area contributed by atoms with Gasteiger partial charge in [-0.3, -0.25) is 0 Å². The largest absolute Gasteiger partial charge is 0.426 e. The summed E-state index contributed by atoms with van der Waals surface area (Å²) in [5.41, 5.74) is 0. The third kappa shape index (κ3) is 6.82. The van der Waals surface area contributed by atoms with E-state index in [1.54, 1.807) is 0 Å². The van der Waals surface area contributed by atoms with Crippen molar-refractivity contribution >= 4 is 10.5 Å². The summed E-state index contributed by atoms with van der Waals surface area (Å²) in [4.78, 5) is 0. The molecule has 0 fully saturated rings. The number of rotatable bonds is 8. The third-order valence-electron chi connectivity index (χ3n) is 1.86. The van der Waals surface area contributed by atoms with Gasteiger partial charge in [-0.25, -0.2) is 0 Å². The van der Waals surface area contributed by atoms with Crippen LogP contribution in [-0.2, 0) is 9.16 Å². The zero-order valence-electron chi connectivity index (χ0n) is 8.64. The van der Waals surface area contributed by atoms with E-state index in [0.29, 0.717) is 6.10 Å². The summed E-state index contributed by atoms with van der Waals surface area (Å²) in [6, 6.07) is 0. The zero-order valence-corrected chi connectivity index (χ0v) is 10.6. The van der Waals surface area contributed by atoms with Gasteiger partial charge < -0.3 is 9.16 Å². The van der Waals surface area contributed by atoms with E-state index in [2.05, 4.69) is 13.8 Å². The van der Waals surface area contributed by atoms with Crippen LogP contribution < -0.4 is 0 Å². The molecule has 0 bridgehead atoms. The molecule has 0 radical (unpaired) electrons. The fourth-order valence-electron chi connectivity index (χ4n) is 1.25. The molecule has 0 aromatic rings. The smallest absolute Gasteiger partial charge is 0.146 e. The van der Waals surface area contributed by atoms with Gasteiger partial charge in [0.15, 0.2) is 0 Å². The summed E-state index contributed by atoms with van der Waals surface area (Å²) in [7, 11) is 0.824. The second-order valence-electron chi connectivity index (χ2n) is 3.06. The van der Waals surface area contributed by atoms with Crippen LogP contribution in [0.15, 0.2) is 0 Å². The van der Waals surface area contributed by atoms with Crippen molar-refractivity contribution in [3.05, 3.63) is 0 Å². The number of hydrogen-bond acceptors (Lipinski definition) is 2. The van der Waals surface area contributed by atoms with E-state index < -0.39 is 0 Å². The summed E-state index contributed by atoms with van der Waals surface area (Å²) in [5, 5.41) is 0. The monoisotopic (exact) mass is 190 g/mol. The molecule has 0 aliphatic carbocycles. The zero-order chi connectivity index (χ0) is 9.23. The predicted molar refractivity (Wildman–Crippen MR) is 55.4 cm³/mol. The lowest BCUT2D eigenvalue weighted by molar-refractivity contribution is 0.0246.